The van der Waals surface area contributed by atoms with E-state index in [2.05, 4.69) is 15.3 Å². The first-order chi connectivity index (χ1) is 7.11. The topological polar surface area (TPSA) is 103 Å². The van der Waals surface area contributed by atoms with Crippen LogP contribution in [0.2, 0.25) is 0 Å². The van der Waals surface area contributed by atoms with E-state index < -0.39 is 12.3 Å². The highest BCUT2D eigenvalue weighted by molar-refractivity contribution is 6.05. The number of aliphatic hydroxyl groups excluding tert-OH is 1. The van der Waals surface area contributed by atoms with Gasteiger partial charge in [-0.15, -0.1) is 0 Å². The fraction of sp³-hybridized carbons (Fsp3) is 0.625. The Balaban J connectivity index is 2.32. The number of hydrogen-bond donors (Lipinski definition) is 3. The minimum absolute atomic E-state index is 0.0448. The molecule has 0 radical (unpaired) electrons. The van der Waals surface area contributed by atoms with Gasteiger partial charge in [-0.1, -0.05) is 0 Å². The number of carbonyl (C=O) groups is 1. The molecule has 1 fully saturated rings. The number of fused-ring (bicyclic) bond motifs is 1. The smallest absolute Gasteiger partial charge is 0.240 e. The average molecular weight is 211 g/mol. The van der Waals surface area contributed by atoms with E-state index in [4.69, 9.17) is 5.73 Å². The number of aliphatic imine (C=N–C) groups is 2. The minimum Gasteiger partial charge on any atom is -0.369 e. The Morgan fingerprint density at radius 2 is 2.47 bits per heavy atom. The van der Waals surface area contributed by atoms with Crippen molar-refractivity contribution in [1.82, 2.24) is 10.2 Å². The molecule has 0 aromatic rings. The van der Waals surface area contributed by atoms with Gasteiger partial charge in [0.25, 0.3) is 0 Å². The van der Waals surface area contributed by atoms with Crippen LogP contribution in [0.5, 0.6) is 0 Å². The Bertz CT molecular complexity index is 351. The molecule has 0 spiro atoms. The van der Waals surface area contributed by atoms with E-state index in [1.165, 1.54) is 0 Å². The van der Waals surface area contributed by atoms with E-state index in [1.807, 2.05) is 6.92 Å². The fourth-order valence-electron chi connectivity index (χ4n) is 1.71. The lowest BCUT2D eigenvalue weighted by Gasteiger charge is -2.37. The second-order valence-electron chi connectivity index (χ2n) is 3.43. The maximum absolute atomic E-state index is 11.3. The second kappa shape index (κ2) is 3.50. The number of carbonyl (C=O) groups excluding carboxylic acids is 1. The monoisotopic (exact) mass is 211 g/mol. The number of aliphatic hydroxyl groups is 1. The zero-order valence-corrected chi connectivity index (χ0v) is 8.34. The van der Waals surface area contributed by atoms with Crippen LogP contribution in [-0.2, 0) is 4.79 Å². The van der Waals surface area contributed by atoms with Gasteiger partial charge in [-0.3, -0.25) is 4.79 Å². The second-order valence-corrected chi connectivity index (χ2v) is 3.43. The molecule has 7 heteroatoms. The Kier molecular flexibility index (Phi) is 2.31. The molecular formula is C8H13N5O2. The zero-order valence-electron chi connectivity index (χ0n) is 8.34. The number of likely N-dealkylation sites (N-methyl/N-ethyl adjacent to an activating group) is 1. The van der Waals surface area contributed by atoms with Gasteiger partial charge in [-0.05, 0) is 6.92 Å². The Labute approximate surface area is 86.7 Å². The third-order valence-electron chi connectivity index (χ3n) is 2.43. The molecule has 2 heterocycles. The van der Waals surface area contributed by atoms with Crippen LogP contribution in [0.4, 0.5) is 0 Å². The van der Waals surface area contributed by atoms with Gasteiger partial charge in [0.15, 0.2) is 6.23 Å². The molecule has 15 heavy (non-hydrogen) atoms. The Hall–Kier alpha value is -1.63. The van der Waals surface area contributed by atoms with Gasteiger partial charge in [-0.2, -0.15) is 4.99 Å². The van der Waals surface area contributed by atoms with Gasteiger partial charge in [0, 0.05) is 6.54 Å². The molecule has 1 amide bonds. The number of nitrogens with zero attached hydrogens (tertiary/aromatic N) is 3. The lowest BCUT2D eigenvalue weighted by atomic mass is 10.1. The summed E-state index contributed by atoms with van der Waals surface area (Å²) in [5.41, 5.74) is 5.45. The summed E-state index contributed by atoms with van der Waals surface area (Å²) in [6.07, 6.45) is -1.05. The molecule has 1 saturated heterocycles. The van der Waals surface area contributed by atoms with Crippen molar-refractivity contribution in [3.63, 3.8) is 0 Å². The van der Waals surface area contributed by atoms with Crippen molar-refractivity contribution >= 4 is 17.7 Å². The molecule has 7 nitrogen and oxygen atoms in total. The van der Waals surface area contributed by atoms with E-state index in [0.717, 1.165) is 0 Å². The molecule has 2 rings (SSSR count). The van der Waals surface area contributed by atoms with E-state index in [0.29, 0.717) is 12.4 Å². The summed E-state index contributed by atoms with van der Waals surface area (Å²) < 4.78 is 0. The van der Waals surface area contributed by atoms with E-state index in [-0.39, 0.29) is 18.4 Å². The van der Waals surface area contributed by atoms with Gasteiger partial charge in [-0.25, -0.2) is 4.99 Å². The predicted octanol–water partition coefficient (Wildman–Crippen LogP) is -2.15. The Morgan fingerprint density at radius 3 is 3.13 bits per heavy atom. The number of guanidine groups is 1. The van der Waals surface area contributed by atoms with Gasteiger partial charge < -0.3 is 21.1 Å². The van der Waals surface area contributed by atoms with Gasteiger partial charge in [0.1, 0.15) is 11.9 Å². The number of nitrogens with one attached hydrogen (secondary N) is 1. The van der Waals surface area contributed by atoms with Crippen LogP contribution in [-0.4, -0.2) is 53.1 Å². The molecule has 0 bridgehead atoms. The van der Waals surface area contributed by atoms with Crippen LogP contribution in [0.1, 0.15) is 6.92 Å². The number of nitrogens with two attached hydrogens (primary N) is 1. The van der Waals surface area contributed by atoms with Crippen molar-refractivity contribution in [2.75, 3.05) is 13.1 Å². The molecule has 0 aromatic heterocycles. The predicted molar refractivity (Wildman–Crippen MR) is 54.2 cm³/mol. The summed E-state index contributed by atoms with van der Waals surface area (Å²) >= 11 is 0. The average Bonchev–Trinajstić information content (AvgIpc) is 2.18. The fourth-order valence-corrected chi connectivity index (χ4v) is 1.71. The van der Waals surface area contributed by atoms with Gasteiger partial charge in [0.2, 0.25) is 11.9 Å². The first-order valence-electron chi connectivity index (χ1n) is 4.76. The number of rotatable bonds is 1. The maximum Gasteiger partial charge on any atom is 0.240 e. The number of amides is 1. The van der Waals surface area contributed by atoms with E-state index in [1.54, 1.807) is 4.90 Å². The first kappa shape index (κ1) is 9.91. The first-order valence-corrected chi connectivity index (χ1v) is 4.76. The van der Waals surface area contributed by atoms with E-state index >= 15 is 0 Å². The number of amidine groups is 1. The highest BCUT2D eigenvalue weighted by Gasteiger charge is 2.37. The van der Waals surface area contributed by atoms with Crippen LogP contribution in [0.25, 0.3) is 0 Å². The third-order valence-corrected chi connectivity index (χ3v) is 2.43. The molecule has 2 atom stereocenters. The lowest BCUT2D eigenvalue weighted by Crippen LogP contribution is -2.63. The molecule has 2 aliphatic rings. The van der Waals surface area contributed by atoms with E-state index in [9.17, 15) is 9.90 Å². The van der Waals surface area contributed by atoms with Crippen molar-refractivity contribution in [3.8, 4) is 0 Å². The summed E-state index contributed by atoms with van der Waals surface area (Å²) in [6.45, 7) is 2.79. The van der Waals surface area contributed by atoms with Crippen molar-refractivity contribution in [3.05, 3.63) is 0 Å². The Morgan fingerprint density at radius 1 is 1.73 bits per heavy atom. The maximum atomic E-state index is 11.3. The largest absolute Gasteiger partial charge is 0.369 e. The molecule has 4 N–H and O–H groups in total. The van der Waals surface area contributed by atoms with Crippen LogP contribution >= 0.6 is 0 Å². The number of piperazine rings is 1. The van der Waals surface area contributed by atoms with Crippen LogP contribution in [0.15, 0.2) is 9.98 Å². The molecule has 0 aromatic carbocycles. The van der Waals surface area contributed by atoms with Crippen molar-refractivity contribution < 1.29 is 9.90 Å². The molecule has 2 unspecified atom stereocenters. The normalized spacial score (nSPS) is 30.3. The summed E-state index contributed by atoms with van der Waals surface area (Å²) in [6, 6.07) is -0.571. The highest BCUT2D eigenvalue weighted by Crippen LogP contribution is 2.12. The molecule has 0 saturated carbocycles. The molecular weight excluding hydrogens is 198 g/mol. The summed E-state index contributed by atoms with van der Waals surface area (Å²) in [7, 11) is 0. The van der Waals surface area contributed by atoms with Crippen molar-refractivity contribution in [2.45, 2.75) is 19.2 Å². The molecule has 0 aliphatic carbocycles. The molecule has 2 aliphatic heterocycles. The highest BCUT2D eigenvalue weighted by atomic mass is 16.3. The van der Waals surface area contributed by atoms with Crippen LogP contribution in [0.3, 0.4) is 0 Å². The standard InChI is InChI=1S/C8H13N5O2/c1-2-13-3-4(14)10-5-6(13)11-8(9)12-7(5)15/h5,7,15H,2-3H2,1H3,(H2,9,12)(H,10,14). The third kappa shape index (κ3) is 1.65. The summed E-state index contributed by atoms with van der Waals surface area (Å²) in [4.78, 5) is 20.8. The number of hydrogen-bond acceptors (Lipinski definition) is 6. The summed E-state index contributed by atoms with van der Waals surface area (Å²) in [5.74, 6) is 0.482. The van der Waals surface area contributed by atoms with Crippen molar-refractivity contribution in [2.24, 2.45) is 15.7 Å². The zero-order chi connectivity index (χ0) is 11.0. The summed E-state index contributed by atoms with van der Waals surface area (Å²) in [5, 5.41) is 12.2. The lowest BCUT2D eigenvalue weighted by molar-refractivity contribution is -0.123. The van der Waals surface area contributed by atoms with Gasteiger partial charge >= 0.3 is 0 Å². The molecule has 82 valence electrons. The van der Waals surface area contributed by atoms with Crippen LogP contribution in [0, 0.1) is 0 Å². The minimum atomic E-state index is -1.05. The SMILES string of the molecule is CCN1CC(=O)NC2C1=NC(N)=NC2O. The quantitative estimate of drug-likeness (QED) is 0.460. The van der Waals surface area contributed by atoms with Gasteiger partial charge in [0.05, 0.1) is 6.54 Å². The van der Waals surface area contributed by atoms with Crippen LogP contribution < -0.4 is 11.1 Å². The van der Waals surface area contributed by atoms with Crippen molar-refractivity contribution in [1.29, 1.82) is 0 Å².